The van der Waals surface area contributed by atoms with Crippen LogP contribution in [0.2, 0.25) is 0 Å². The van der Waals surface area contributed by atoms with Gasteiger partial charge in [0.1, 0.15) is 22.6 Å². The molecule has 2 N–H and O–H groups in total. The average Bonchev–Trinajstić information content (AvgIpc) is 2.70. The summed E-state index contributed by atoms with van der Waals surface area (Å²) in [6.07, 6.45) is 4.17. The SMILES string of the molecule is O=C(Nc1ccccc1)[C@H](NS(=O)(=O)c1cc(Br)c(F)cc1F)C1CCCCC1. The molecule has 0 saturated heterocycles. The van der Waals surface area contributed by atoms with E-state index in [0.717, 1.165) is 25.3 Å². The summed E-state index contributed by atoms with van der Waals surface area (Å²) in [6.45, 7) is 0. The van der Waals surface area contributed by atoms with E-state index >= 15 is 0 Å². The minimum absolute atomic E-state index is 0.178. The van der Waals surface area contributed by atoms with Crippen LogP contribution in [0.5, 0.6) is 0 Å². The molecule has 9 heteroatoms. The summed E-state index contributed by atoms with van der Waals surface area (Å²) in [7, 11) is -4.40. The fourth-order valence-electron chi connectivity index (χ4n) is 3.51. The van der Waals surface area contributed by atoms with Crippen LogP contribution >= 0.6 is 15.9 Å². The minimum atomic E-state index is -4.40. The molecule has 1 aliphatic rings. The largest absolute Gasteiger partial charge is 0.325 e. The van der Waals surface area contributed by atoms with Gasteiger partial charge in [0, 0.05) is 11.8 Å². The summed E-state index contributed by atoms with van der Waals surface area (Å²) in [6, 6.07) is 8.98. The Hall–Kier alpha value is -1.84. The van der Waals surface area contributed by atoms with Gasteiger partial charge in [0.2, 0.25) is 15.9 Å². The van der Waals surface area contributed by atoms with Crippen LogP contribution in [0.1, 0.15) is 32.1 Å². The summed E-state index contributed by atoms with van der Waals surface area (Å²) in [4.78, 5) is 12.2. The predicted octanol–water partition coefficient (Wildman–Crippen LogP) is 4.59. The zero-order valence-electron chi connectivity index (χ0n) is 15.5. The first-order chi connectivity index (χ1) is 13.8. The van der Waals surface area contributed by atoms with Crippen LogP contribution < -0.4 is 10.0 Å². The van der Waals surface area contributed by atoms with Crippen LogP contribution in [0.3, 0.4) is 0 Å². The van der Waals surface area contributed by atoms with Crippen LogP contribution in [0.4, 0.5) is 14.5 Å². The van der Waals surface area contributed by atoms with Crippen LogP contribution in [0.15, 0.2) is 51.8 Å². The lowest BCUT2D eigenvalue weighted by Crippen LogP contribution is -2.49. The first kappa shape index (κ1) is 21.9. The van der Waals surface area contributed by atoms with Gasteiger partial charge < -0.3 is 5.32 Å². The first-order valence-corrected chi connectivity index (χ1v) is 11.6. The van der Waals surface area contributed by atoms with Crippen molar-refractivity contribution in [2.24, 2.45) is 5.92 Å². The summed E-state index contributed by atoms with van der Waals surface area (Å²) >= 11 is 2.88. The molecule has 0 spiro atoms. The molecule has 1 amide bonds. The molecule has 0 unspecified atom stereocenters. The van der Waals surface area contributed by atoms with Crippen LogP contribution in [-0.4, -0.2) is 20.4 Å². The Labute approximate surface area is 177 Å². The number of carbonyl (C=O) groups excluding carboxylic acids is 1. The van der Waals surface area contributed by atoms with Gasteiger partial charge in [-0.05, 0) is 52.9 Å². The van der Waals surface area contributed by atoms with Crippen LogP contribution in [0, 0.1) is 17.6 Å². The molecule has 1 fully saturated rings. The van der Waals surface area contributed by atoms with Gasteiger partial charge in [-0.3, -0.25) is 4.79 Å². The Morgan fingerprint density at radius 1 is 1.03 bits per heavy atom. The molecule has 0 aliphatic heterocycles. The van der Waals surface area contributed by atoms with Gasteiger partial charge in [0.05, 0.1) is 4.47 Å². The maximum atomic E-state index is 14.2. The highest BCUT2D eigenvalue weighted by atomic mass is 79.9. The highest BCUT2D eigenvalue weighted by molar-refractivity contribution is 9.10. The van der Waals surface area contributed by atoms with Gasteiger partial charge in [-0.1, -0.05) is 37.5 Å². The molecule has 0 radical (unpaired) electrons. The molecular formula is C20H21BrF2N2O3S. The first-order valence-electron chi connectivity index (χ1n) is 9.31. The van der Waals surface area contributed by atoms with E-state index in [1.54, 1.807) is 30.3 Å². The topological polar surface area (TPSA) is 75.3 Å². The quantitative estimate of drug-likeness (QED) is 0.586. The minimum Gasteiger partial charge on any atom is -0.325 e. The molecule has 0 aromatic heterocycles. The number of amides is 1. The Bertz CT molecular complexity index is 981. The number of rotatable bonds is 6. The summed E-state index contributed by atoms with van der Waals surface area (Å²) in [5.74, 6) is -2.85. The molecular weight excluding hydrogens is 466 g/mol. The van der Waals surface area contributed by atoms with E-state index in [4.69, 9.17) is 0 Å². The van der Waals surface area contributed by atoms with Gasteiger partial charge in [-0.2, -0.15) is 4.72 Å². The second-order valence-electron chi connectivity index (χ2n) is 7.05. The van der Waals surface area contributed by atoms with E-state index in [9.17, 15) is 22.0 Å². The second-order valence-corrected chi connectivity index (χ2v) is 9.59. The highest BCUT2D eigenvalue weighted by Crippen LogP contribution is 2.29. The van der Waals surface area contributed by atoms with Crippen molar-refractivity contribution in [1.82, 2.24) is 4.72 Å². The number of carbonyl (C=O) groups is 1. The van der Waals surface area contributed by atoms with Crippen molar-refractivity contribution in [3.63, 3.8) is 0 Å². The van der Waals surface area contributed by atoms with Crippen molar-refractivity contribution in [2.45, 2.75) is 43.0 Å². The van der Waals surface area contributed by atoms with E-state index in [-0.39, 0.29) is 10.4 Å². The lowest BCUT2D eigenvalue weighted by atomic mass is 9.84. The number of hydrogen-bond donors (Lipinski definition) is 2. The number of halogens is 3. The highest BCUT2D eigenvalue weighted by Gasteiger charge is 2.35. The lowest BCUT2D eigenvalue weighted by molar-refractivity contribution is -0.119. The summed E-state index contributed by atoms with van der Waals surface area (Å²) in [5.41, 5.74) is 0.535. The lowest BCUT2D eigenvalue weighted by Gasteiger charge is -2.30. The van der Waals surface area contributed by atoms with E-state index in [1.807, 2.05) is 0 Å². The smallest absolute Gasteiger partial charge is 0.244 e. The molecule has 3 rings (SSSR count). The van der Waals surface area contributed by atoms with E-state index in [2.05, 4.69) is 26.0 Å². The Balaban J connectivity index is 1.89. The Morgan fingerprint density at radius 2 is 1.69 bits per heavy atom. The van der Waals surface area contributed by atoms with Gasteiger partial charge in [-0.25, -0.2) is 17.2 Å². The second kappa shape index (κ2) is 9.32. The summed E-state index contributed by atoms with van der Waals surface area (Å²) < 4.78 is 55.6. The van der Waals surface area contributed by atoms with Crippen molar-refractivity contribution >= 4 is 37.5 Å². The van der Waals surface area contributed by atoms with Crippen molar-refractivity contribution in [3.05, 3.63) is 58.6 Å². The number of sulfonamides is 1. The van der Waals surface area contributed by atoms with Gasteiger partial charge in [-0.15, -0.1) is 0 Å². The van der Waals surface area contributed by atoms with Gasteiger partial charge in [0.15, 0.2) is 0 Å². The van der Waals surface area contributed by atoms with Crippen LogP contribution in [-0.2, 0) is 14.8 Å². The molecule has 0 heterocycles. The molecule has 0 bridgehead atoms. The Kier molecular flexibility index (Phi) is 7.02. The molecule has 1 saturated carbocycles. The number of benzene rings is 2. The van der Waals surface area contributed by atoms with Gasteiger partial charge >= 0.3 is 0 Å². The maximum Gasteiger partial charge on any atom is 0.244 e. The number of hydrogen-bond acceptors (Lipinski definition) is 3. The van der Waals surface area contributed by atoms with Gasteiger partial charge in [0.25, 0.3) is 0 Å². The van der Waals surface area contributed by atoms with E-state index < -0.39 is 38.5 Å². The third-order valence-corrected chi connectivity index (χ3v) is 7.06. The normalized spacial score (nSPS) is 16.4. The third kappa shape index (κ3) is 5.40. The molecule has 29 heavy (non-hydrogen) atoms. The van der Waals surface area contributed by atoms with Crippen LogP contribution in [0.25, 0.3) is 0 Å². The zero-order valence-corrected chi connectivity index (χ0v) is 17.9. The molecule has 2 aromatic carbocycles. The molecule has 156 valence electrons. The number of para-hydroxylation sites is 1. The molecule has 1 atom stereocenters. The molecule has 5 nitrogen and oxygen atoms in total. The Morgan fingerprint density at radius 3 is 2.34 bits per heavy atom. The summed E-state index contributed by atoms with van der Waals surface area (Å²) in [5, 5.41) is 2.72. The standard InChI is InChI=1S/C20H21BrF2N2O3S/c21-15-11-18(17(23)12-16(15)22)29(27,28)25-19(13-7-3-1-4-8-13)20(26)24-14-9-5-2-6-10-14/h2,5-6,9-13,19,25H,1,3-4,7-8H2,(H,24,26)/t19-/m1/s1. The van der Waals surface area contributed by atoms with Crippen molar-refractivity contribution in [2.75, 3.05) is 5.32 Å². The number of nitrogens with one attached hydrogen (secondary N) is 2. The molecule has 2 aromatic rings. The maximum absolute atomic E-state index is 14.2. The fraction of sp³-hybridized carbons (Fsp3) is 0.350. The van der Waals surface area contributed by atoms with Crippen molar-refractivity contribution in [3.8, 4) is 0 Å². The molecule has 1 aliphatic carbocycles. The fourth-order valence-corrected chi connectivity index (χ4v) is 5.36. The zero-order chi connectivity index (χ0) is 21.0. The predicted molar refractivity (Wildman–Crippen MR) is 110 cm³/mol. The monoisotopic (exact) mass is 486 g/mol. The van der Waals surface area contributed by atoms with E-state index in [0.29, 0.717) is 24.6 Å². The van der Waals surface area contributed by atoms with Crippen molar-refractivity contribution < 1.29 is 22.0 Å². The number of anilines is 1. The van der Waals surface area contributed by atoms with E-state index in [1.165, 1.54) is 0 Å². The third-order valence-electron chi connectivity index (χ3n) is 4.99. The van der Waals surface area contributed by atoms with Crippen molar-refractivity contribution in [1.29, 1.82) is 0 Å². The average molecular weight is 487 g/mol.